The quantitative estimate of drug-likeness (QED) is 0.0344. The van der Waals surface area contributed by atoms with Crippen molar-refractivity contribution in [2.45, 2.75) is 93.4 Å². The van der Waals surface area contributed by atoms with Gasteiger partial charge in [0, 0.05) is 59.0 Å². The van der Waals surface area contributed by atoms with E-state index in [-0.39, 0.29) is 41.8 Å². The molecule has 1 aliphatic heterocycles. The van der Waals surface area contributed by atoms with Crippen molar-refractivity contribution < 1.29 is 22.0 Å². The van der Waals surface area contributed by atoms with Gasteiger partial charge in [-0.3, -0.25) is 19.3 Å². The standard InChI is InChI=1S/C39H49F5N8OS/c1-54-34-20-29(19-30(41)36(34)33-8-3-6-28(51(33)14-4-12-40)11-13-48-35(47)21-45)52-22-26-18-32(49-37(26)50-38(52)53)25-15-23(16-27(17-25)39(42,43)44)5-2-7-31(46)24-9-10-24/h15-20,22,24,28,31,33H,2-14,21,45-46H2,1H3,(H2,47,48)(H,49,50,53)/t28-,31?,33-/m0/s1. The van der Waals surface area contributed by atoms with E-state index in [1.165, 1.54) is 34.7 Å². The number of halogens is 5. The summed E-state index contributed by atoms with van der Waals surface area (Å²) in [7, 11) is 0. The van der Waals surface area contributed by atoms with Crippen LogP contribution in [0.2, 0.25) is 0 Å². The number of aryl methyl sites for hydroxylation is 1. The number of hydrogen-bond acceptors (Lipinski definition) is 7. The fourth-order valence-corrected chi connectivity index (χ4v) is 8.49. The Hall–Kier alpha value is -3.79. The van der Waals surface area contributed by atoms with Crippen LogP contribution in [0.1, 0.15) is 80.5 Å². The second-order valence-electron chi connectivity index (χ2n) is 14.5. The molecule has 1 unspecified atom stereocenters. The van der Waals surface area contributed by atoms with Crippen LogP contribution in [0.15, 0.2) is 52.3 Å². The summed E-state index contributed by atoms with van der Waals surface area (Å²) in [6.45, 7) is 0.594. The lowest BCUT2D eigenvalue weighted by Gasteiger charge is -2.43. The summed E-state index contributed by atoms with van der Waals surface area (Å²) < 4.78 is 73.1. The lowest BCUT2D eigenvalue weighted by molar-refractivity contribution is -0.137. The van der Waals surface area contributed by atoms with Crippen LogP contribution >= 0.6 is 11.8 Å². The van der Waals surface area contributed by atoms with Gasteiger partial charge in [0.05, 0.1) is 24.5 Å². The van der Waals surface area contributed by atoms with Gasteiger partial charge in [0.2, 0.25) is 0 Å². The summed E-state index contributed by atoms with van der Waals surface area (Å²) in [4.78, 5) is 23.4. The van der Waals surface area contributed by atoms with Gasteiger partial charge in [-0.1, -0.05) is 0 Å². The van der Waals surface area contributed by atoms with Gasteiger partial charge in [-0.15, -0.1) is 11.8 Å². The predicted octanol–water partition coefficient (Wildman–Crippen LogP) is 7.49. The Morgan fingerprint density at radius 2 is 1.93 bits per heavy atom. The van der Waals surface area contributed by atoms with Crippen molar-refractivity contribution in [3.8, 4) is 16.9 Å². The van der Waals surface area contributed by atoms with E-state index >= 15 is 4.39 Å². The molecule has 0 bridgehead atoms. The molecule has 0 radical (unpaired) electrons. The molecule has 0 spiro atoms. The van der Waals surface area contributed by atoms with Gasteiger partial charge in [-0.05, 0) is 124 Å². The Kier molecular flexibility index (Phi) is 12.8. The first-order valence-electron chi connectivity index (χ1n) is 18.7. The number of nitrogens with zero attached hydrogens (tertiary/aromatic N) is 3. The van der Waals surface area contributed by atoms with Crippen LogP contribution in [0.4, 0.5) is 22.0 Å². The number of piperidine rings is 1. The monoisotopic (exact) mass is 772 g/mol. The highest BCUT2D eigenvalue weighted by atomic mass is 32.2. The van der Waals surface area contributed by atoms with Crippen molar-refractivity contribution in [3.63, 3.8) is 0 Å². The first-order valence-corrected chi connectivity index (χ1v) is 19.9. The van der Waals surface area contributed by atoms with Crippen LogP contribution in [-0.4, -0.2) is 69.9 Å². The van der Waals surface area contributed by atoms with Crippen LogP contribution in [0.25, 0.3) is 28.0 Å². The van der Waals surface area contributed by atoms with Gasteiger partial charge < -0.3 is 21.8 Å². The molecule has 6 rings (SSSR count). The molecule has 1 saturated carbocycles. The molecule has 1 aliphatic carbocycles. The third-order valence-electron chi connectivity index (χ3n) is 10.7. The zero-order valence-electron chi connectivity index (χ0n) is 30.5. The third-order valence-corrected chi connectivity index (χ3v) is 11.5. The summed E-state index contributed by atoms with van der Waals surface area (Å²) in [6, 6.07) is 8.52. The number of alkyl halides is 4. The number of benzene rings is 2. The van der Waals surface area contributed by atoms with Crippen LogP contribution in [0, 0.1) is 17.1 Å². The number of aromatic amines is 1. The van der Waals surface area contributed by atoms with Crippen molar-refractivity contribution in [3.05, 3.63) is 75.6 Å². The van der Waals surface area contributed by atoms with E-state index < -0.39 is 29.9 Å². The maximum absolute atomic E-state index is 16.4. The summed E-state index contributed by atoms with van der Waals surface area (Å²) in [5, 5.41) is 11.3. The number of nitrogens with one attached hydrogen (secondary N) is 3. The smallest absolute Gasteiger partial charge is 0.373 e. The second kappa shape index (κ2) is 17.3. The summed E-state index contributed by atoms with van der Waals surface area (Å²) in [5.74, 6) is 0.262. The molecule has 54 heavy (non-hydrogen) atoms. The Labute approximate surface area is 316 Å². The van der Waals surface area contributed by atoms with Crippen molar-refractivity contribution in [2.75, 3.05) is 32.6 Å². The van der Waals surface area contributed by atoms with Crippen molar-refractivity contribution in [1.29, 1.82) is 5.41 Å². The Balaban J connectivity index is 1.29. The van der Waals surface area contributed by atoms with E-state index in [2.05, 4.69) is 20.2 Å². The minimum Gasteiger partial charge on any atom is -0.373 e. The molecular formula is C39H49F5N8OS. The molecule has 2 aromatic carbocycles. The number of fused-ring (bicyclic) bond motifs is 1. The summed E-state index contributed by atoms with van der Waals surface area (Å²) in [5.41, 5.74) is 12.5. The fraction of sp³-hybridized carbons (Fsp3) is 0.513. The number of amidine groups is 1. The first-order chi connectivity index (χ1) is 25.9. The van der Waals surface area contributed by atoms with Gasteiger partial charge in [0.15, 0.2) is 0 Å². The maximum Gasteiger partial charge on any atom is 0.416 e. The minimum absolute atomic E-state index is 0.0534. The van der Waals surface area contributed by atoms with Crippen LogP contribution in [0.5, 0.6) is 0 Å². The molecule has 7 N–H and O–H groups in total. The maximum atomic E-state index is 16.4. The lowest BCUT2D eigenvalue weighted by atomic mass is 9.88. The van der Waals surface area contributed by atoms with Crippen molar-refractivity contribution >= 4 is 28.6 Å². The number of nitrogens with two attached hydrogens (primary N) is 2. The van der Waals surface area contributed by atoms with Gasteiger partial charge in [-0.2, -0.15) is 18.2 Å². The zero-order valence-corrected chi connectivity index (χ0v) is 31.3. The molecule has 9 nitrogen and oxygen atoms in total. The number of H-pyrrole nitrogens is 1. The third kappa shape index (κ3) is 9.35. The fourth-order valence-electron chi connectivity index (χ4n) is 7.80. The first kappa shape index (κ1) is 39.9. The van der Waals surface area contributed by atoms with Crippen molar-refractivity contribution in [1.82, 2.24) is 24.8 Å². The van der Waals surface area contributed by atoms with E-state index in [0.29, 0.717) is 83.8 Å². The highest BCUT2D eigenvalue weighted by molar-refractivity contribution is 7.98. The predicted molar refractivity (Wildman–Crippen MR) is 205 cm³/mol. The van der Waals surface area contributed by atoms with E-state index in [9.17, 15) is 22.4 Å². The van der Waals surface area contributed by atoms with Gasteiger partial charge in [-0.25, -0.2) is 9.18 Å². The van der Waals surface area contributed by atoms with Gasteiger partial charge in [0.25, 0.3) is 0 Å². The largest absolute Gasteiger partial charge is 0.416 e. The molecule has 1 saturated heterocycles. The topological polar surface area (TPSA) is 142 Å². The Morgan fingerprint density at radius 3 is 2.63 bits per heavy atom. The molecule has 2 aromatic heterocycles. The number of rotatable bonds is 16. The zero-order chi connectivity index (χ0) is 38.6. The van der Waals surface area contributed by atoms with Gasteiger partial charge >= 0.3 is 11.9 Å². The Morgan fingerprint density at radius 1 is 1.13 bits per heavy atom. The normalized spacial score (nSPS) is 18.7. The average molecular weight is 773 g/mol. The van der Waals surface area contributed by atoms with Crippen LogP contribution < -0.4 is 22.5 Å². The van der Waals surface area contributed by atoms with Crippen LogP contribution in [0.3, 0.4) is 0 Å². The minimum atomic E-state index is -4.55. The molecule has 292 valence electrons. The molecule has 2 fully saturated rings. The molecule has 3 atom stereocenters. The van der Waals surface area contributed by atoms with E-state index in [4.69, 9.17) is 16.9 Å². The molecule has 0 amide bonds. The van der Waals surface area contributed by atoms with Crippen LogP contribution in [-0.2, 0) is 12.6 Å². The summed E-state index contributed by atoms with van der Waals surface area (Å²) in [6.07, 6.45) is 6.30. The summed E-state index contributed by atoms with van der Waals surface area (Å²) >= 11 is 1.35. The van der Waals surface area contributed by atoms with Crippen molar-refractivity contribution in [2.24, 2.45) is 17.4 Å². The number of hydrogen-bond donors (Lipinski definition) is 5. The SMILES string of the molecule is CSc1cc(-n2cc3cc(-c4cc(CCCC(N)C5CC5)cc(C(F)(F)F)c4)[nH]c3nc2=O)cc(F)c1[C@@H]1CCC[C@@H](CCNC(=N)CN)N1CCCF. The van der Waals surface area contributed by atoms with Gasteiger partial charge in [0.1, 0.15) is 17.3 Å². The number of aromatic nitrogens is 3. The molecule has 3 heterocycles. The number of thioether (sulfide) groups is 1. The molecular weight excluding hydrogens is 724 g/mol. The highest BCUT2D eigenvalue weighted by Gasteiger charge is 2.35. The van der Waals surface area contributed by atoms with E-state index in [1.54, 1.807) is 18.2 Å². The number of likely N-dealkylation sites (tertiary alicyclic amines) is 1. The molecule has 4 aromatic rings. The highest BCUT2D eigenvalue weighted by Crippen LogP contribution is 2.42. The second-order valence-corrected chi connectivity index (χ2v) is 15.4. The Bertz CT molecular complexity index is 1990. The van der Waals surface area contributed by atoms with E-state index in [0.717, 1.165) is 38.2 Å². The molecule has 2 aliphatic rings. The average Bonchev–Trinajstić information content (AvgIpc) is 3.92. The van der Waals surface area contributed by atoms with E-state index in [1.807, 2.05) is 6.26 Å². The molecule has 15 heteroatoms. The lowest BCUT2D eigenvalue weighted by Crippen LogP contribution is -2.45.